The van der Waals surface area contributed by atoms with Gasteiger partial charge in [0.1, 0.15) is 0 Å². The van der Waals surface area contributed by atoms with Crippen LogP contribution < -0.4 is 5.32 Å². The van der Waals surface area contributed by atoms with Gasteiger partial charge >= 0.3 is 0 Å². The Balaban J connectivity index is 2.37. The van der Waals surface area contributed by atoms with E-state index in [1.54, 1.807) is 11.3 Å². The molecule has 2 aromatic heterocycles. The van der Waals surface area contributed by atoms with Crippen LogP contribution in [0.1, 0.15) is 17.2 Å². The minimum absolute atomic E-state index is 0.230. The Bertz CT molecular complexity index is 427. The standard InChI is InChI=1S/C11H11BrN2S/c1-13-11(8-2-4-14-5-3-8)9-6-15-7-10(9)12/h2-7,11,13H,1H3. The summed E-state index contributed by atoms with van der Waals surface area (Å²) in [4.78, 5) is 4.03. The molecule has 1 N–H and O–H groups in total. The van der Waals surface area contributed by atoms with Crippen LogP contribution in [0.15, 0.2) is 39.8 Å². The highest BCUT2D eigenvalue weighted by atomic mass is 79.9. The van der Waals surface area contributed by atoms with Crippen LogP contribution in [0.5, 0.6) is 0 Å². The van der Waals surface area contributed by atoms with Gasteiger partial charge in [0, 0.05) is 22.2 Å². The molecule has 2 heterocycles. The fraction of sp³-hybridized carbons (Fsp3) is 0.182. The molecule has 0 aromatic carbocycles. The van der Waals surface area contributed by atoms with E-state index in [4.69, 9.17) is 0 Å². The number of aromatic nitrogens is 1. The second-order valence-corrected chi connectivity index (χ2v) is 4.78. The smallest absolute Gasteiger partial charge is 0.0594 e. The second-order valence-electron chi connectivity index (χ2n) is 3.18. The summed E-state index contributed by atoms with van der Waals surface area (Å²) in [6, 6.07) is 4.30. The van der Waals surface area contributed by atoms with Gasteiger partial charge in [0.2, 0.25) is 0 Å². The SMILES string of the molecule is CNC(c1ccncc1)c1cscc1Br. The van der Waals surface area contributed by atoms with Crippen LogP contribution in [-0.4, -0.2) is 12.0 Å². The zero-order chi connectivity index (χ0) is 10.7. The van der Waals surface area contributed by atoms with Gasteiger partial charge in [-0.2, -0.15) is 11.3 Å². The Hall–Kier alpha value is -0.710. The monoisotopic (exact) mass is 282 g/mol. The van der Waals surface area contributed by atoms with Gasteiger partial charge < -0.3 is 5.32 Å². The fourth-order valence-corrected chi connectivity index (χ4v) is 3.11. The van der Waals surface area contributed by atoms with E-state index in [0.717, 1.165) is 4.47 Å². The highest BCUT2D eigenvalue weighted by molar-refractivity contribution is 9.10. The summed E-state index contributed by atoms with van der Waals surface area (Å²) in [5, 5.41) is 7.57. The molecule has 1 atom stereocenters. The van der Waals surface area contributed by atoms with E-state index in [1.807, 2.05) is 31.6 Å². The van der Waals surface area contributed by atoms with Crippen molar-refractivity contribution in [3.8, 4) is 0 Å². The maximum absolute atomic E-state index is 4.03. The van der Waals surface area contributed by atoms with Gasteiger partial charge in [0.05, 0.1) is 6.04 Å². The van der Waals surface area contributed by atoms with E-state index in [9.17, 15) is 0 Å². The largest absolute Gasteiger partial charge is 0.309 e. The van der Waals surface area contributed by atoms with Crippen molar-refractivity contribution in [2.75, 3.05) is 7.05 Å². The molecule has 4 heteroatoms. The first-order chi connectivity index (χ1) is 7.33. The molecule has 0 bridgehead atoms. The number of pyridine rings is 1. The third-order valence-corrected chi connectivity index (χ3v) is 4.03. The fourth-order valence-electron chi connectivity index (χ4n) is 1.55. The summed E-state index contributed by atoms with van der Waals surface area (Å²) in [6.45, 7) is 0. The predicted molar refractivity (Wildman–Crippen MR) is 67.2 cm³/mol. The average molecular weight is 283 g/mol. The number of hydrogen-bond donors (Lipinski definition) is 1. The van der Waals surface area contributed by atoms with Gasteiger partial charge in [0.25, 0.3) is 0 Å². The van der Waals surface area contributed by atoms with Crippen molar-refractivity contribution >= 4 is 27.3 Å². The lowest BCUT2D eigenvalue weighted by molar-refractivity contribution is 0.690. The second kappa shape index (κ2) is 4.88. The maximum Gasteiger partial charge on any atom is 0.0594 e. The molecule has 1 unspecified atom stereocenters. The third kappa shape index (κ3) is 2.27. The molecule has 0 fully saturated rings. The molecule has 15 heavy (non-hydrogen) atoms. The Kier molecular flexibility index (Phi) is 3.51. The molecule has 0 spiro atoms. The Labute approximate surface area is 101 Å². The van der Waals surface area contributed by atoms with E-state index in [2.05, 4.69) is 37.0 Å². The first-order valence-corrected chi connectivity index (χ1v) is 6.35. The molecule has 2 rings (SSSR count). The van der Waals surface area contributed by atoms with E-state index < -0.39 is 0 Å². The molecule has 0 aliphatic carbocycles. The molecule has 2 aromatic rings. The number of rotatable bonds is 3. The first-order valence-electron chi connectivity index (χ1n) is 4.61. The van der Waals surface area contributed by atoms with E-state index >= 15 is 0 Å². The highest BCUT2D eigenvalue weighted by Crippen LogP contribution is 2.30. The molecule has 0 radical (unpaired) electrons. The van der Waals surface area contributed by atoms with Gasteiger partial charge in [-0.3, -0.25) is 4.98 Å². The predicted octanol–water partition coefficient (Wildman–Crippen LogP) is 3.21. The zero-order valence-electron chi connectivity index (χ0n) is 8.27. The molecule has 0 saturated heterocycles. The summed E-state index contributed by atoms with van der Waals surface area (Å²) in [5.41, 5.74) is 2.50. The normalized spacial score (nSPS) is 12.7. The summed E-state index contributed by atoms with van der Waals surface area (Å²) < 4.78 is 1.16. The van der Waals surface area contributed by atoms with Crippen LogP contribution in [0.25, 0.3) is 0 Å². The molecular weight excluding hydrogens is 272 g/mol. The Morgan fingerprint density at radius 1 is 1.33 bits per heavy atom. The lowest BCUT2D eigenvalue weighted by Crippen LogP contribution is -2.17. The van der Waals surface area contributed by atoms with Crippen LogP contribution in [0.4, 0.5) is 0 Å². The topological polar surface area (TPSA) is 24.9 Å². The zero-order valence-corrected chi connectivity index (χ0v) is 10.7. The van der Waals surface area contributed by atoms with Crippen LogP contribution >= 0.6 is 27.3 Å². The number of halogens is 1. The molecule has 0 amide bonds. The summed E-state index contributed by atoms with van der Waals surface area (Å²) >= 11 is 5.26. The van der Waals surface area contributed by atoms with Crippen molar-refractivity contribution in [3.05, 3.63) is 50.9 Å². The highest BCUT2D eigenvalue weighted by Gasteiger charge is 2.14. The lowest BCUT2D eigenvalue weighted by Gasteiger charge is -2.15. The molecular formula is C11H11BrN2S. The van der Waals surface area contributed by atoms with Crippen molar-refractivity contribution in [1.82, 2.24) is 10.3 Å². The van der Waals surface area contributed by atoms with E-state index in [0.29, 0.717) is 0 Å². The van der Waals surface area contributed by atoms with Gasteiger partial charge in [-0.25, -0.2) is 0 Å². The number of thiophene rings is 1. The molecule has 78 valence electrons. The Morgan fingerprint density at radius 2 is 2.07 bits per heavy atom. The van der Waals surface area contributed by atoms with Gasteiger partial charge in [-0.05, 0) is 51.6 Å². The van der Waals surface area contributed by atoms with Crippen molar-refractivity contribution < 1.29 is 0 Å². The van der Waals surface area contributed by atoms with Crippen molar-refractivity contribution in [1.29, 1.82) is 0 Å². The third-order valence-electron chi connectivity index (χ3n) is 2.28. The number of hydrogen-bond acceptors (Lipinski definition) is 3. The molecule has 0 saturated carbocycles. The van der Waals surface area contributed by atoms with Crippen molar-refractivity contribution in [2.45, 2.75) is 6.04 Å². The van der Waals surface area contributed by atoms with Gasteiger partial charge in [0.15, 0.2) is 0 Å². The minimum atomic E-state index is 0.230. The minimum Gasteiger partial charge on any atom is -0.309 e. The van der Waals surface area contributed by atoms with Crippen molar-refractivity contribution in [2.24, 2.45) is 0 Å². The van der Waals surface area contributed by atoms with E-state index in [1.165, 1.54) is 11.1 Å². The molecule has 0 aliphatic heterocycles. The van der Waals surface area contributed by atoms with Crippen molar-refractivity contribution in [3.63, 3.8) is 0 Å². The van der Waals surface area contributed by atoms with E-state index in [-0.39, 0.29) is 6.04 Å². The molecule has 0 aliphatic rings. The molecule has 2 nitrogen and oxygen atoms in total. The number of nitrogens with zero attached hydrogens (tertiary/aromatic N) is 1. The van der Waals surface area contributed by atoms with Crippen LogP contribution in [0.2, 0.25) is 0 Å². The number of nitrogens with one attached hydrogen (secondary N) is 1. The van der Waals surface area contributed by atoms with Gasteiger partial charge in [-0.1, -0.05) is 0 Å². The Morgan fingerprint density at radius 3 is 2.60 bits per heavy atom. The van der Waals surface area contributed by atoms with Crippen LogP contribution in [0.3, 0.4) is 0 Å². The van der Waals surface area contributed by atoms with Gasteiger partial charge in [-0.15, -0.1) is 0 Å². The summed E-state index contributed by atoms with van der Waals surface area (Å²) in [6.07, 6.45) is 3.64. The summed E-state index contributed by atoms with van der Waals surface area (Å²) in [7, 11) is 1.97. The first kappa shape index (κ1) is 10.8. The van der Waals surface area contributed by atoms with Crippen LogP contribution in [0, 0.1) is 0 Å². The average Bonchev–Trinajstić information content (AvgIpc) is 2.68. The quantitative estimate of drug-likeness (QED) is 0.935. The summed E-state index contributed by atoms with van der Waals surface area (Å²) in [5.74, 6) is 0. The maximum atomic E-state index is 4.03. The lowest BCUT2D eigenvalue weighted by atomic mass is 10.0. The van der Waals surface area contributed by atoms with Crippen LogP contribution in [-0.2, 0) is 0 Å².